The van der Waals surface area contributed by atoms with Crippen LogP contribution in [0.25, 0.3) is 11.3 Å². The number of nitrogens with one attached hydrogen (secondary N) is 1. The number of anilines is 1. The third kappa shape index (κ3) is 3.04. The lowest BCUT2D eigenvalue weighted by Gasteiger charge is -2.09. The number of pyridine rings is 1. The minimum atomic E-state index is -0.205. The van der Waals surface area contributed by atoms with Gasteiger partial charge in [-0.05, 0) is 31.2 Å². The zero-order valence-electron chi connectivity index (χ0n) is 13.7. The predicted octanol–water partition coefficient (Wildman–Crippen LogP) is 4.04. The number of nitrogens with zero attached hydrogens (tertiary/aromatic N) is 1. The Balaban J connectivity index is 1.56. The first-order chi connectivity index (χ1) is 12.2. The van der Waals surface area contributed by atoms with Gasteiger partial charge in [-0.1, -0.05) is 30.3 Å². The first-order valence-corrected chi connectivity index (χ1v) is 7.95. The summed E-state index contributed by atoms with van der Waals surface area (Å²) in [5.74, 6) is 1.11. The zero-order chi connectivity index (χ0) is 17.2. The lowest BCUT2D eigenvalue weighted by molar-refractivity contribution is 0.102. The number of carbonyl (C=O) groups excluding carboxylic acids is 1. The predicted molar refractivity (Wildman–Crippen MR) is 94.9 cm³/mol. The van der Waals surface area contributed by atoms with Gasteiger partial charge >= 0.3 is 0 Å². The Kier molecular flexibility index (Phi) is 3.82. The van der Waals surface area contributed by atoms with Crippen molar-refractivity contribution in [3.05, 3.63) is 71.9 Å². The minimum Gasteiger partial charge on any atom is -0.454 e. The largest absolute Gasteiger partial charge is 0.454 e. The average Bonchev–Trinajstić information content (AvgIpc) is 3.10. The minimum absolute atomic E-state index is 0.205. The van der Waals surface area contributed by atoms with Gasteiger partial charge in [-0.25, -0.2) is 0 Å². The van der Waals surface area contributed by atoms with Crippen molar-refractivity contribution in [3.63, 3.8) is 0 Å². The Labute approximate surface area is 145 Å². The van der Waals surface area contributed by atoms with Crippen LogP contribution in [0.3, 0.4) is 0 Å². The Morgan fingerprint density at radius 1 is 1.00 bits per heavy atom. The maximum absolute atomic E-state index is 12.6. The van der Waals surface area contributed by atoms with Crippen LogP contribution in [0, 0.1) is 6.92 Å². The molecule has 25 heavy (non-hydrogen) atoms. The normalized spacial score (nSPS) is 12.0. The summed E-state index contributed by atoms with van der Waals surface area (Å²) < 4.78 is 10.6. The second kappa shape index (κ2) is 6.28. The van der Waals surface area contributed by atoms with Crippen LogP contribution in [0.2, 0.25) is 0 Å². The Bertz CT molecular complexity index is 939. The standard InChI is InChI=1S/C20H16N2O3/c1-13-16(8-9-17(21-13)14-5-3-2-4-6-14)20(23)22-15-7-10-18-19(11-15)25-12-24-18/h2-11H,12H2,1H3,(H,22,23). The summed E-state index contributed by atoms with van der Waals surface area (Å²) in [6.07, 6.45) is 0. The summed E-state index contributed by atoms with van der Waals surface area (Å²) in [6, 6.07) is 18.9. The number of carbonyl (C=O) groups is 1. The highest BCUT2D eigenvalue weighted by Gasteiger charge is 2.16. The highest BCUT2D eigenvalue weighted by Crippen LogP contribution is 2.34. The van der Waals surface area contributed by atoms with E-state index in [4.69, 9.17) is 9.47 Å². The Hall–Kier alpha value is -3.34. The van der Waals surface area contributed by atoms with E-state index in [1.165, 1.54) is 0 Å². The van der Waals surface area contributed by atoms with Crippen LogP contribution >= 0.6 is 0 Å². The molecule has 1 N–H and O–H groups in total. The molecule has 0 unspecified atom stereocenters. The Morgan fingerprint density at radius 3 is 2.60 bits per heavy atom. The van der Waals surface area contributed by atoms with Gasteiger partial charge in [0.1, 0.15) is 0 Å². The molecule has 0 saturated heterocycles. The Morgan fingerprint density at radius 2 is 1.80 bits per heavy atom. The van der Waals surface area contributed by atoms with Crippen LogP contribution < -0.4 is 14.8 Å². The zero-order valence-corrected chi connectivity index (χ0v) is 13.7. The molecule has 0 aliphatic carbocycles. The number of aromatic nitrogens is 1. The summed E-state index contributed by atoms with van der Waals surface area (Å²) >= 11 is 0. The fourth-order valence-corrected chi connectivity index (χ4v) is 2.74. The van der Waals surface area contributed by atoms with Crippen LogP contribution in [0.5, 0.6) is 11.5 Å². The van der Waals surface area contributed by atoms with E-state index in [9.17, 15) is 4.79 Å². The summed E-state index contributed by atoms with van der Waals surface area (Å²) in [5, 5.41) is 2.87. The molecule has 2 heterocycles. The number of ether oxygens (including phenoxy) is 2. The molecule has 124 valence electrons. The number of rotatable bonds is 3. The van der Waals surface area contributed by atoms with Crippen molar-refractivity contribution in [1.29, 1.82) is 0 Å². The van der Waals surface area contributed by atoms with E-state index in [2.05, 4.69) is 10.3 Å². The average molecular weight is 332 g/mol. The van der Waals surface area contributed by atoms with Gasteiger partial charge in [0, 0.05) is 17.3 Å². The molecular formula is C20H16N2O3. The fraction of sp³-hybridized carbons (Fsp3) is 0.100. The van der Waals surface area contributed by atoms with E-state index < -0.39 is 0 Å². The van der Waals surface area contributed by atoms with Crippen LogP contribution in [-0.2, 0) is 0 Å². The van der Waals surface area contributed by atoms with Gasteiger partial charge in [0.15, 0.2) is 11.5 Å². The van der Waals surface area contributed by atoms with Crippen molar-refractivity contribution < 1.29 is 14.3 Å². The monoisotopic (exact) mass is 332 g/mol. The van der Waals surface area contributed by atoms with E-state index in [0.29, 0.717) is 28.4 Å². The third-order valence-corrected chi connectivity index (χ3v) is 4.03. The van der Waals surface area contributed by atoms with Crippen molar-refractivity contribution in [2.75, 3.05) is 12.1 Å². The smallest absolute Gasteiger partial charge is 0.257 e. The molecule has 5 heteroatoms. The summed E-state index contributed by atoms with van der Waals surface area (Å²) in [6.45, 7) is 2.04. The number of fused-ring (bicyclic) bond motifs is 1. The van der Waals surface area contributed by atoms with Gasteiger partial charge < -0.3 is 14.8 Å². The maximum atomic E-state index is 12.6. The molecule has 1 amide bonds. The van der Waals surface area contributed by atoms with E-state index >= 15 is 0 Å². The molecule has 1 aliphatic rings. The molecule has 4 rings (SSSR count). The van der Waals surface area contributed by atoms with Crippen molar-refractivity contribution >= 4 is 11.6 Å². The molecule has 0 bridgehead atoms. The number of aryl methyl sites for hydroxylation is 1. The lowest BCUT2D eigenvalue weighted by Crippen LogP contribution is -2.14. The number of amides is 1. The number of hydrogen-bond donors (Lipinski definition) is 1. The first kappa shape index (κ1) is 15.2. The first-order valence-electron chi connectivity index (χ1n) is 7.95. The van der Waals surface area contributed by atoms with Gasteiger partial charge in [0.25, 0.3) is 5.91 Å². The number of benzene rings is 2. The third-order valence-electron chi connectivity index (χ3n) is 4.03. The molecule has 1 aliphatic heterocycles. The topological polar surface area (TPSA) is 60.5 Å². The second-order valence-electron chi connectivity index (χ2n) is 5.72. The molecule has 0 atom stereocenters. The van der Waals surface area contributed by atoms with Crippen molar-refractivity contribution in [3.8, 4) is 22.8 Å². The van der Waals surface area contributed by atoms with Crippen LogP contribution in [0.4, 0.5) is 5.69 Å². The van der Waals surface area contributed by atoms with E-state index in [1.54, 1.807) is 24.3 Å². The van der Waals surface area contributed by atoms with Crippen LogP contribution in [0.15, 0.2) is 60.7 Å². The van der Waals surface area contributed by atoms with Crippen molar-refractivity contribution in [1.82, 2.24) is 4.98 Å². The molecular weight excluding hydrogens is 316 g/mol. The van der Waals surface area contributed by atoms with Crippen molar-refractivity contribution in [2.45, 2.75) is 6.92 Å². The summed E-state index contributed by atoms with van der Waals surface area (Å²) in [5.41, 5.74) is 3.74. The fourth-order valence-electron chi connectivity index (χ4n) is 2.74. The number of hydrogen-bond acceptors (Lipinski definition) is 4. The van der Waals surface area contributed by atoms with Crippen LogP contribution in [0.1, 0.15) is 16.1 Å². The van der Waals surface area contributed by atoms with Gasteiger partial charge in [-0.2, -0.15) is 0 Å². The lowest BCUT2D eigenvalue weighted by atomic mass is 10.1. The highest BCUT2D eigenvalue weighted by molar-refractivity contribution is 6.05. The maximum Gasteiger partial charge on any atom is 0.257 e. The van der Waals surface area contributed by atoms with Gasteiger partial charge in [-0.3, -0.25) is 9.78 Å². The summed E-state index contributed by atoms with van der Waals surface area (Å²) in [4.78, 5) is 17.1. The van der Waals surface area contributed by atoms with Gasteiger partial charge in [-0.15, -0.1) is 0 Å². The van der Waals surface area contributed by atoms with Crippen LogP contribution in [-0.4, -0.2) is 17.7 Å². The molecule has 0 fully saturated rings. The van der Waals surface area contributed by atoms with Crippen molar-refractivity contribution in [2.24, 2.45) is 0 Å². The van der Waals surface area contributed by atoms with Gasteiger partial charge in [0.05, 0.1) is 17.0 Å². The second-order valence-corrected chi connectivity index (χ2v) is 5.72. The van der Waals surface area contributed by atoms with Gasteiger partial charge in [0.2, 0.25) is 6.79 Å². The molecule has 5 nitrogen and oxygen atoms in total. The molecule has 0 radical (unpaired) electrons. The van der Waals surface area contributed by atoms with E-state index in [-0.39, 0.29) is 12.7 Å². The molecule has 0 spiro atoms. The molecule has 1 aromatic heterocycles. The molecule has 2 aromatic carbocycles. The SMILES string of the molecule is Cc1nc(-c2ccccc2)ccc1C(=O)Nc1ccc2c(c1)OCO2. The highest BCUT2D eigenvalue weighted by atomic mass is 16.7. The molecule has 0 saturated carbocycles. The molecule has 3 aromatic rings. The van der Waals surface area contributed by atoms with E-state index in [0.717, 1.165) is 11.3 Å². The summed E-state index contributed by atoms with van der Waals surface area (Å²) in [7, 11) is 0. The van der Waals surface area contributed by atoms with E-state index in [1.807, 2.05) is 43.3 Å². The quantitative estimate of drug-likeness (QED) is 0.786.